The lowest BCUT2D eigenvalue weighted by molar-refractivity contribution is 0.118. The van der Waals surface area contributed by atoms with E-state index in [4.69, 9.17) is 0 Å². The molecule has 3 nitrogen and oxygen atoms in total. The summed E-state index contributed by atoms with van der Waals surface area (Å²) in [6.07, 6.45) is 9.22. The third-order valence-electron chi connectivity index (χ3n) is 5.47. The van der Waals surface area contributed by atoms with Crippen LogP contribution in [0.25, 0.3) is 0 Å². The molecule has 3 heteroatoms. The van der Waals surface area contributed by atoms with Crippen LogP contribution in [0, 0.1) is 12.8 Å². The first-order valence-corrected chi connectivity index (χ1v) is 8.58. The number of aromatic nitrogens is 2. The van der Waals surface area contributed by atoms with Crippen molar-refractivity contribution in [3.63, 3.8) is 0 Å². The monoisotopic (exact) mass is 295 g/mol. The highest BCUT2D eigenvalue weighted by Crippen LogP contribution is 2.29. The number of imidazole rings is 1. The smallest absolute Gasteiger partial charge is 0.105 e. The Morgan fingerprint density at radius 3 is 2.64 bits per heavy atom. The van der Waals surface area contributed by atoms with E-state index < -0.39 is 0 Å². The zero-order chi connectivity index (χ0) is 14.9. The Hall–Kier alpha value is -1.61. The van der Waals surface area contributed by atoms with Gasteiger partial charge in [0.1, 0.15) is 5.82 Å². The van der Waals surface area contributed by atoms with Crippen LogP contribution < -0.4 is 0 Å². The fourth-order valence-electron chi connectivity index (χ4n) is 4.25. The third kappa shape index (κ3) is 2.70. The molecule has 1 aliphatic heterocycles. The van der Waals surface area contributed by atoms with Crippen molar-refractivity contribution in [3.05, 3.63) is 53.6 Å². The van der Waals surface area contributed by atoms with Crippen LogP contribution >= 0.6 is 0 Å². The normalized spacial score (nSPS) is 22.9. The van der Waals surface area contributed by atoms with Crippen molar-refractivity contribution in [2.24, 2.45) is 5.92 Å². The molecule has 2 aliphatic rings. The minimum absolute atomic E-state index is 0.726. The highest BCUT2D eigenvalue weighted by atomic mass is 15.2. The molecule has 1 fully saturated rings. The average Bonchev–Trinajstić information content (AvgIpc) is 3.14. The van der Waals surface area contributed by atoms with Crippen molar-refractivity contribution in [1.29, 1.82) is 0 Å². The maximum atomic E-state index is 4.36. The molecule has 4 rings (SSSR count). The van der Waals surface area contributed by atoms with Gasteiger partial charge in [-0.3, -0.25) is 4.90 Å². The van der Waals surface area contributed by atoms with Crippen molar-refractivity contribution in [2.75, 3.05) is 13.1 Å². The number of rotatable bonds is 3. The Bertz CT molecular complexity index is 621. The van der Waals surface area contributed by atoms with Crippen LogP contribution in [0.15, 0.2) is 36.7 Å². The molecular weight excluding hydrogens is 270 g/mol. The van der Waals surface area contributed by atoms with Crippen molar-refractivity contribution in [2.45, 2.75) is 45.2 Å². The lowest BCUT2D eigenvalue weighted by Crippen LogP contribution is -2.44. The maximum absolute atomic E-state index is 4.36. The second-order valence-corrected chi connectivity index (χ2v) is 6.96. The highest BCUT2D eigenvalue weighted by Gasteiger charge is 2.30. The zero-order valence-electron chi connectivity index (χ0n) is 13.4. The first-order chi connectivity index (χ1) is 10.8. The van der Waals surface area contributed by atoms with Crippen molar-refractivity contribution >= 4 is 0 Å². The molecule has 0 spiro atoms. The number of nitrogens with zero attached hydrogens (tertiary/aromatic N) is 3. The summed E-state index contributed by atoms with van der Waals surface area (Å²) in [4.78, 5) is 7.11. The molecule has 2 aromatic rings. The quantitative estimate of drug-likeness (QED) is 0.868. The van der Waals surface area contributed by atoms with E-state index in [0.29, 0.717) is 0 Å². The van der Waals surface area contributed by atoms with Gasteiger partial charge in [-0.05, 0) is 56.2 Å². The zero-order valence-corrected chi connectivity index (χ0v) is 13.4. The molecule has 0 radical (unpaired) electrons. The van der Waals surface area contributed by atoms with Gasteiger partial charge in [0.05, 0.1) is 0 Å². The molecule has 1 atom stereocenters. The molecule has 1 aromatic heterocycles. The van der Waals surface area contributed by atoms with Gasteiger partial charge in [0.2, 0.25) is 0 Å². The van der Waals surface area contributed by atoms with Gasteiger partial charge in [-0.15, -0.1) is 0 Å². The topological polar surface area (TPSA) is 21.1 Å². The van der Waals surface area contributed by atoms with Crippen LogP contribution in [0.2, 0.25) is 0 Å². The summed E-state index contributed by atoms with van der Waals surface area (Å²) < 4.78 is 2.32. The Kier molecular flexibility index (Phi) is 3.75. The van der Waals surface area contributed by atoms with E-state index in [1.807, 2.05) is 6.20 Å². The standard InChI is InChI=1S/C19H25N3/c1-15-20-8-10-21(15)13-16-5-4-9-22(14-16)19-11-17-6-2-3-7-18(17)12-19/h2-3,6-8,10,16,19H,4-5,9,11-14H2,1H3/t16-/m1/s1. The van der Waals surface area contributed by atoms with Gasteiger partial charge in [0.25, 0.3) is 0 Å². The fourth-order valence-corrected chi connectivity index (χ4v) is 4.25. The average molecular weight is 295 g/mol. The van der Waals surface area contributed by atoms with E-state index in [-0.39, 0.29) is 0 Å². The summed E-state index contributed by atoms with van der Waals surface area (Å²) in [6.45, 7) is 5.75. The number of hydrogen-bond acceptors (Lipinski definition) is 2. The summed E-state index contributed by atoms with van der Waals surface area (Å²) in [5.74, 6) is 1.91. The van der Waals surface area contributed by atoms with Crippen LogP contribution in [-0.2, 0) is 19.4 Å². The SMILES string of the molecule is Cc1nccn1C[C@H]1CCCN(C2Cc3ccccc3C2)C1. The Morgan fingerprint density at radius 1 is 1.18 bits per heavy atom. The Morgan fingerprint density at radius 2 is 1.95 bits per heavy atom. The predicted molar refractivity (Wildman–Crippen MR) is 88.9 cm³/mol. The molecule has 0 N–H and O–H groups in total. The van der Waals surface area contributed by atoms with Gasteiger partial charge in [-0.2, -0.15) is 0 Å². The summed E-state index contributed by atoms with van der Waals surface area (Å²) in [6, 6.07) is 9.71. The van der Waals surface area contributed by atoms with Gasteiger partial charge >= 0.3 is 0 Å². The summed E-state index contributed by atoms with van der Waals surface area (Å²) in [5, 5.41) is 0. The molecule has 0 unspecified atom stereocenters. The summed E-state index contributed by atoms with van der Waals surface area (Å²) in [7, 11) is 0. The van der Waals surface area contributed by atoms with Crippen LogP contribution in [-0.4, -0.2) is 33.6 Å². The fraction of sp³-hybridized carbons (Fsp3) is 0.526. The molecule has 2 heterocycles. The first-order valence-electron chi connectivity index (χ1n) is 8.58. The molecule has 116 valence electrons. The minimum atomic E-state index is 0.726. The molecule has 1 aromatic carbocycles. The Balaban J connectivity index is 1.41. The van der Waals surface area contributed by atoms with Crippen LogP contribution in [0.5, 0.6) is 0 Å². The largest absolute Gasteiger partial charge is 0.335 e. The van der Waals surface area contributed by atoms with Crippen LogP contribution in [0.1, 0.15) is 29.8 Å². The molecule has 0 amide bonds. The number of hydrogen-bond donors (Lipinski definition) is 0. The number of piperidine rings is 1. The number of benzene rings is 1. The summed E-state index contributed by atoms with van der Waals surface area (Å²) >= 11 is 0. The van der Waals surface area contributed by atoms with Gasteiger partial charge in [-0.25, -0.2) is 4.98 Å². The number of aryl methyl sites for hydroxylation is 1. The molecule has 1 aliphatic carbocycles. The number of likely N-dealkylation sites (tertiary alicyclic amines) is 1. The molecule has 0 bridgehead atoms. The molecule has 22 heavy (non-hydrogen) atoms. The van der Waals surface area contributed by atoms with E-state index in [1.54, 1.807) is 11.1 Å². The second kappa shape index (κ2) is 5.88. The van der Waals surface area contributed by atoms with Crippen molar-refractivity contribution < 1.29 is 0 Å². The second-order valence-electron chi connectivity index (χ2n) is 6.96. The molecule has 1 saturated heterocycles. The third-order valence-corrected chi connectivity index (χ3v) is 5.47. The van der Waals surface area contributed by atoms with Gasteiger partial charge in [-0.1, -0.05) is 24.3 Å². The Labute approximate surface area is 133 Å². The maximum Gasteiger partial charge on any atom is 0.105 e. The van der Waals surface area contributed by atoms with Crippen LogP contribution in [0.4, 0.5) is 0 Å². The highest BCUT2D eigenvalue weighted by molar-refractivity contribution is 5.33. The predicted octanol–water partition coefficient (Wildman–Crippen LogP) is 3.07. The van der Waals surface area contributed by atoms with Crippen LogP contribution in [0.3, 0.4) is 0 Å². The van der Waals surface area contributed by atoms with Crippen molar-refractivity contribution in [1.82, 2.24) is 14.5 Å². The first kappa shape index (κ1) is 14.0. The van der Waals surface area contributed by atoms with E-state index in [0.717, 1.165) is 24.3 Å². The van der Waals surface area contributed by atoms with E-state index in [2.05, 4.69) is 51.8 Å². The molecule has 0 saturated carbocycles. The lowest BCUT2D eigenvalue weighted by atomic mass is 9.96. The van der Waals surface area contributed by atoms with Gasteiger partial charge in [0.15, 0.2) is 0 Å². The van der Waals surface area contributed by atoms with Gasteiger partial charge < -0.3 is 4.57 Å². The lowest BCUT2D eigenvalue weighted by Gasteiger charge is -2.37. The number of fused-ring (bicyclic) bond motifs is 1. The van der Waals surface area contributed by atoms with E-state index >= 15 is 0 Å². The summed E-state index contributed by atoms with van der Waals surface area (Å²) in [5.41, 5.74) is 3.14. The van der Waals surface area contributed by atoms with E-state index in [1.165, 1.54) is 38.8 Å². The van der Waals surface area contributed by atoms with E-state index in [9.17, 15) is 0 Å². The molecular formula is C19H25N3. The van der Waals surface area contributed by atoms with Gasteiger partial charge in [0, 0.05) is 31.5 Å². The van der Waals surface area contributed by atoms with Crippen molar-refractivity contribution in [3.8, 4) is 0 Å². The minimum Gasteiger partial charge on any atom is -0.335 e.